The summed E-state index contributed by atoms with van der Waals surface area (Å²) in [5.74, 6) is -0.237. The molecule has 0 spiro atoms. The Morgan fingerprint density at radius 3 is 2.75 bits per heavy atom. The molecule has 5 heteroatoms. The molecule has 0 unspecified atom stereocenters. The Morgan fingerprint density at radius 1 is 1.20 bits per heavy atom. The van der Waals surface area contributed by atoms with Crippen molar-refractivity contribution >= 4 is 38.6 Å². The van der Waals surface area contributed by atoms with E-state index in [1.807, 2.05) is 25.1 Å². The highest BCUT2D eigenvalue weighted by molar-refractivity contribution is 7.18. The van der Waals surface area contributed by atoms with Crippen LogP contribution in [-0.2, 0) is 0 Å². The summed E-state index contributed by atoms with van der Waals surface area (Å²) in [7, 11) is 0. The highest BCUT2D eigenvalue weighted by Gasteiger charge is 2.07. The predicted octanol–water partition coefficient (Wildman–Crippen LogP) is 4.38. The van der Waals surface area contributed by atoms with Crippen LogP contribution >= 0.6 is 11.3 Å². The second-order valence-corrected chi connectivity index (χ2v) is 5.96. The highest BCUT2D eigenvalue weighted by Crippen LogP contribution is 2.31. The molecule has 0 aliphatic heterocycles. The van der Waals surface area contributed by atoms with Gasteiger partial charge in [-0.3, -0.25) is 0 Å². The Kier molecular flexibility index (Phi) is 3.06. The van der Waals surface area contributed by atoms with Crippen LogP contribution in [0.5, 0.6) is 0 Å². The van der Waals surface area contributed by atoms with Gasteiger partial charge in [0.2, 0.25) is 0 Å². The molecule has 0 bridgehead atoms. The minimum Gasteiger partial charge on any atom is -0.397 e. The summed E-state index contributed by atoms with van der Waals surface area (Å²) in [5, 5.41) is 4.14. The van der Waals surface area contributed by atoms with E-state index in [1.165, 1.54) is 6.07 Å². The summed E-state index contributed by atoms with van der Waals surface area (Å²) in [6.45, 7) is 3.70. The number of nitrogens with zero attached hydrogens (tertiary/aromatic N) is 1. The number of hydrogen-bond donors (Lipinski definition) is 2. The molecular formula is C15H14FN3S. The Hall–Kier alpha value is -2.14. The van der Waals surface area contributed by atoms with Crippen molar-refractivity contribution in [1.82, 2.24) is 4.98 Å². The number of hydrogen-bond acceptors (Lipinski definition) is 4. The number of rotatable bonds is 2. The van der Waals surface area contributed by atoms with Gasteiger partial charge in [-0.1, -0.05) is 6.07 Å². The van der Waals surface area contributed by atoms with E-state index in [9.17, 15) is 4.39 Å². The smallest absolute Gasteiger partial charge is 0.128 e. The Morgan fingerprint density at radius 2 is 2.00 bits per heavy atom. The molecule has 0 amide bonds. The number of nitrogen functional groups attached to an aromatic ring is 1. The number of aryl methyl sites for hydroxylation is 2. The summed E-state index contributed by atoms with van der Waals surface area (Å²) in [6.07, 6.45) is 0. The molecule has 0 saturated carbocycles. The van der Waals surface area contributed by atoms with Crippen molar-refractivity contribution in [2.75, 3.05) is 11.1 Å². The largest absolute Gasteiger partial charge is 0.397 e. The predicted molar refractivity (Wildman–Crippen MR) is 83.2 cm³/mol. The maximum atomic E-state index is 13.6. The summed E-state index contributed by atoms with van der Waals surface area (Å²) < 4.78 is 14.6. The minimum atomic E-state index is -0.237. The van der Waals surface area contributed by atoms with Gasteiger partial charge >= 0.3 is 0 Å². The zero-order chi connectivity index (χ0) is 14.3. The number of anilines is 3. The number of aromatic nitrogens is 1. The molecule has 0 aliphatic carbocycles. The molecule has 0 fully saturated rings. The van der Waals surface area contributed by atoms with Crippen molar-refractivity contribution in [3.63, 3.8) is 0 Å². The van der Waals surface area contributed by atoms with Crippen LogP contribution in [0.3, 0.4) is 0 Å². The Balaban J connectivity index is 2.00. The second-order valence-electron chi connectivity index (χ2n) is 4.73. The van der Waals surface area contributed by atoms with E-state index in [0.29, 0.717) is 16.9 Å². The zero-order valence-electron chi connectivity index (χ0n) is 11.2. The quantitative estimate of drug-likeness (QED) is 0.688. The highest BCUT2D eigenvalue weighted by atomic mass is 32.1. The molecule has 0 radical (unpaired) electrons. The van der Waals surface area contributed by atoms with Gasteiger partial charge in [0, 0.05) is 5.69 Å². The summed E-state index contributed by atoms with van der Waals surface area (Å²) in [6, 6.07) is 8.82. The van der Waals surface area contributed by atoms with Crippen LogP contribution in [-0.4, -0.2) is 4.98 Å². The van der Waals surface area contributed by atoms with Crippen molar-refractivity contribution < 1.29 is 4.39 Å². The van der Waals surface area contributed by atoms with Gasteiger partial charge in [0.25, 0.3) is 0 Å². The summed E-state index contributed by atoms with van der Waals surface area (Å²) >= 11 is 1.61. The van der Waals surface area contributed by atoms with Crippen molar-refractivity contribution in [1.29, 1.82) is 0 Å². The molecule has 0 saturated heterocycles. The molecule has 3 nitrogen and oxygen atoms in total. The van der Waals surface area contributed by atoms with Crippen molar-refractivity contribution in [3.8, 4) is 0 Å². The SMILES string of the molecule is Cc1nc2cc(Nc3ccc(C)c(F)c3)c(N)cc2s1. The average Bonchev–Trinajstić information content (AvgIpc) is 2.73. The van der Waals surface area contributed by atoms with E-state index >= 15 is 0 Å². The van der Waals surface area contributed by atoms with E-state index in [0.717, 1.165) is 20.9 Å². The molecule has 0 atom stereocenters. The maximum Gasteiger partial charge on any atom is 0.128 e. The standard InChI is InChI=1S/C15H14FN3S/c1-8-3-4-10(5-11(8)16)19-13-7-14-15(6-12(13)17)20-9(2)18-14/h3-7,19H,17H2,1-2H3. The average molecular weight is 287 g/mol. The lowest BCUT2D eigenvalue weighted by atomic mass is 10.2. The van der Waals surface area contributed by atoms with Crippen LogP contribution in [0.25, 0.3) is 10.2 Å². The van der Waals surface area contributed by atoms with Crippen molar-refractivity contribution in [2.45, 2.75) is 13.8 Å². The van der Waals surface area contributed by atoms with Gasteiger partial charge in [-0.25, -0.2) is 9.37 Å². The number of nitrogens with two attached hydrogens (primary N) is 1. The Labute approximate surface area is 120 Å². The normalized spacial score (nSPS) is 10.9. The first-order chi connectivity index (χ1) is 9.52. The Bertz CT molecular complexity index is 795. The fraction of sp³-hybridized carbons (Fsp3) is 0.133. The van der Waals surface area contributed by atoms with Gasteiger partial charge in [0.15, 0.2) is 0 Å². The van der Waals surface area contributed by atoms with E-state index in [4.69, 9.17) is 5.73 Å². The number of halogens is 1. The van der Waals surface area contributed by atoms with Gasteiger partial charge in [-0.2, -0.15) is 0 Å². The third kappa shape index (κ3) is 2.32. The molecular weight excluding hydrogens is 273 g/mol. The van der Waals surface area contributed by atoms with Crippen LogP contribution < -0.4 is 11.1 Å². The van der Waals surface area contributed by atoms with E-state index in [2.05, 4.69) is 10.3 Å². The first-order valence-electron chi connectivity index (χ1n) is 6.23. The topological polar surface area (TPSA) is 50.9 Å². The molecule has 1 aromatic heterocycles. The number of benzene rings is 2. The van der Waals surface area contributed by atoms with Crippen LogP contribution in [0, 0.1) is 19.7 Å². The van der Waals surface area contributed by atoms with E-state index in [1.54, 1.807) is 24.3 Å². The molecule has 0 aliphatic rings. The first kappa shape index (κ1) is 12.9. The molecule has 102 valence electrons. The molecule has 3 aromatic rings. The van der Waals surface area contributed by atoms with Crippen molar-refractivity contribution in [2.24, 2.45) is 0 Å². The third-order valence-electron chi connectivity index (χ3n) is 3.12. The van der Waals surface area contributed by atoms with E-state index in [-0.39, 0.29) is 5.82 Å². The van der Waals surface area contributed by atoms with Crippen LogP contribution in [0.4, 0.5) is 21.5 Å². The summed E-state index contributed by atoms with van der Waals surface area (Å²) in [5.41, 5.74) is 9.59. The number of thiazole rings is 1. The van der Waals surface area contributed by atoms with Crippen molar-refractivity contribution in [3.05, 3.63) is 46.7 Å². The summed E-state index contributed by atoms with van der Waals surface area (Å²) in [4.78, 5) is 4.44. The van der Waals surface area contributed by atoms with Gasteiger partial charge in [0.05, 0.1) is 26.6 Å². The third-order valence-corrected chi connectivity index (χ3v) is 4.05. The number of nitrogens with one attached hydrogen (secondary N) is 1. The fourth-order valence-electron chi connectivity index (χ4n) is 2.04. The lowest BCUT2D eigenvalue weighted by molar-refractivity contribution is 0.619. The molecule has 3 N–H and O–H groups in total. The molecule has 2 aromatic carbocycles. The minimum absolute atomic E-state index is 0.237. The van der Waals surface area contributed by atoms with E-state index < -0.39 is 0 Å². The van der Waals surface area contributed by atoms with Crippen LogP contribution in [0.15, 0.2) is 30.3 Å². The van der Waals surface area contributed by atoms with Gasteiger partial charge in [0.1, 0.15) is 5.82 Å². The van der Waals surface area contributed by atoms with Gasteiger partial charge < -0.3 is 11.1 Å². The number of fused-ring (bicyclic) bond motifs is 1. The van der Waals surface area contributed by atoms with Gasteiger partial charge in [-0.15, -0.1) is 11.3 Å². The first-order valence-corrected chi connectivity index (χ1v) is 7.04. The fourth-order valence-corrected chi connectivity index (χ4v) is 2.90. The lowest BCUT2D eigenvalue weighted by Crippen LogP contribution is -1.97. The maximum absolute atomic E-state index is 13.6. The zero-order valence-corrected chi connectivity index (χ0v) is 12.0. The van der Waals surface area contributed by atoms with Gasteiger partial charge in [-0.05, 0) is 43.7 Å². The van der Waals surface area contributed by atoms with Crippen LogP contribution in [0.1, 0.15) is 10.6 Å². The second kappa shape index (κ2) is 4.76. The molecule has 1 heterocycles. The molecule has 20 heavy (non-hydrogen) atoms. The molecule has 3 rings (SSSR count). The lowest BCUT2D eigenvalue weighted by Gasteiger charge is -2.10. The van der Waals surface area contributed by atoms with Crippen LogP contribution in [0.2, 0.25) is 0 Å². The monoisotopic (exact) mass is 287 g/mol.